The van der Waals surface area contributed by atoms with Crippen molar-refractivity contribution in [2.45, 2.75) is 46.1 Å². The van der Waals surface area contributed by atoms with E-state index < -0.39 is 11.7 Å². The van der Waals surface area contributed by atoms with Crippen molar-refractivity contribution >= 4 is 17.7 Å². The van der Waals surface area contributed by atoms with Crippen LogP contribution in [0.25, 0.3) is 11.3 Å². The highest BCUT2D eigenvalue weighted by atomic mass is 16.6. The minimum atomic E-state index is -0.624. The van der Waals surface area contributed by atoms with E-state index in [1.807, 2.05) is 31.2 Å². The van der Waals surface area contributed by atoms with Crippen LogP contribution >= 0.6 is 0 Å². The average molecular weight is 370 g/mol. The van der Waals surface area contributed by atoms with E-state index in [4.69, 9.17) is 9.47 Å². The van der Waals surface area contributed by atoms with Gasteiger partial charge < -0.3 is 9.47 Å². The first-order valence-electron chi connectivity index (χ1n) is 8.82. The fourth-order valence-electron chi connectivity index (χ4n) is 2.64. The van der Waals surface area contributed by atoms with Crippen molar-refractivity contribution in [1.29, 1.82) is 0 Å². The Morgan fingerprint density at radius 3 is 2.48 bits per heavy atom. The van der Waals surface area contributed by atoms with E-state index in [0.29, 0.717) is 17.8 Å². The summed E-state index contributed by atoms with van der Waals surface area (Å²) >= 11 is 0. The SMILES string of the molecule is COC(=O)CCc1ccnc(-c2ccccc2C)c1NC(=O)OC(C)(C)C. The molecule has 0 saturated carbocycles. The molecule has 1 aromatic heterocycles. The van der Waals surface area contributed by atoms with Crippen LogP contribution in [0.2, 0.25) is 0 Å². The Hall–Kier alpha value is -2.89. The van der Waals surface area contributed by atoms with Gasteiger partial charge in [0.15, 0.2) is 0 Å². The number of ether oxygens (including phenoxy) is 2. The second-order valence-corrected chi connectivity index (χ2v) is 7.21. The van der Waals surface area contributed by atoms with Crippen LogP contribution in [0.1, 0.15) is 38.3 Å². The number of rotatable bonds is 5. The molecule has 0 saturated heterocycles. The largest absolute Gasteiger partial charge is 0.469 e. The summed E-state index contributed by atoms with van der Waals surface area (Å²) in [5, 5.41) is 2.83. The molecule has 144 valence electrons. The van der Waals surface area contributed by atoms with E-state index in [9.17, 15) is 9.59 Å². The van der Waals surface area contributed by atoms with Crippen LogP contribution < -0.4 is 5.32 Å². The lowest BCUT2D eigenvalue weighted by atomic mass is 10.00. The summed E-state index contributed by atoms with van der Waals surface area (Å²) in [4.78, 5) is 28.4. The molecule has 1 aromatic carbocycles. The first-order valence-corrected chi connectivity index (χ1v) is 8.82. The molecule has 0 aliphatic carbocycles. The Kier molecular flexibility index (Phi) is 6.55. The number of carbonyl (C=O) groups excluding carboxylic acids is 2. The number of carbonyl (C=O) groups is 2. The monoisotopic (exact) mass is 370 g/mol. The lowest BCUT2D eigenvalue weighted by Crippen LogP contribution is -2.28. The zero-order chi connectivity index (χ0) is 20.0. The zero-order valence-corrected chi connectivity index (χ0v) is 16.5. The van der Waals surface area contributed by atoms with E-state index in [-0.39, 0.29) is 12.4 Å². The molecule has 0 bridgehead atoms. The Morgan fingerprint density at radius 2 is 1.85 bits per heavy atom. The zero-order valence-electron chi connectivity index (χ0n) is 16.5. The highest BCUT2D eigenvalue weighted by Crippen LogP contribution is 2.32. The molecule has 2 aromatic rings. The normalized spacial score (nSPS) is 11.0. The van der Waals surface area contributed by atoms with Gasteiger partial charge in [0.2, 0.25) is 0 Å². The molecule has 6 heteroatoms. The number of amides is 1. The Labute approximate surface area is 159 Å². The summed E-state index contributed by atoms with van der Waals surface area (Å²) in [7, 11) is 1.35. The van der Waals surface area contributed by atoms with Crippen molar-refractivity contribution in [3.8, 4) is 11.3 Å². The fraction of sp³-hybridized carbons (Fsp3) is 0.381. The standard InChI is InChI=1S/C21H26N2O4/c1-14-8-6-7-9-16(14)19-18(23-20(25)27-21(2,3)4)15(12-13-22-19)10-11-17(24)26-5/h6-9,12-13H,10-11H2,1-5H3,(H,23,25). The Morgan fingerprint density at radius 1 is 1.15 bits per heavy atom. The van der Waals surface area contributed by atoms with E-state index in [2.05, 4.69) is 10.3 Å². The number of pyridine rings is 1. The Balaban J connectivity index is 2.45. The third kappa shape index (κ3) is 5.81. The first kappa shape index (κ1) is 20.4. The quantitative estimate of drug-likeness (QED) is 0.784. The van der Waals surface area contributed by atoms with E-state index in [1.54, 1.807) is 33.0 Å². The number of nitrogens with zero attached hydrogens (tertiary/aromatic N) is 1. The number of anilines is 1. The molecule has 1 amide bonds. The van der Waals surface area contributed by atoms with Gasteiger partial charge in [-0.1, -0.05) is 24.3 Å². The van der Waals surface area contributed by atoms with Crippen molar-refractivity contribution in [3.63, 3.8) is 0 Å². The summed E-state index contributed by atoms with van der Waals surface area (Å²) in [5.41, 5.74) is 3.29. The predicted octanol–water partition coefficient (Wildman–Crippen LogP) is 4.51. The summed E-state index contributed by atoms with van der Waals surface area (Å²) < 4.78 is 10.1. The fourth-order valence-corrected chi connectivity index (χ4v) is 2.64. The van der Waals surface area contributed by atoms with Gasteiger partial charge in [0.1, 0.15) is 5.60 Å². The molecule has 0 radical (unpaired) electrons. The second-order valence-electron chi connectivity index (χ2n) is 7.21. The van der Waals surface area contributed by atoms with Gasteiger partial charge >= 0.3 is 12.1 Å². The minimum absolute atomic E-state index is 0.205. The highest BCUT2D eigenvalue weighted by molar-refractivity contribution is 5.92. The van der Waals surface area contributed by atoms with Gasteiger partial charge in [0.05, 0.1) is 18.5 Å². The van der Waals surface area contributed by atoms with Crippen LogP contribution in [0.15, 0.2) is 36.5 Å². The number of hydrogen-bond acceptors (Lipinski definition) is 5. The predicted molar refractivity (Wildman–Crippen MR) is 105 cm³/mol. The summed E-state index contributed by atoms with van der Waals surface area (Å²) in [5.74, 6) is -0.313. The van der Waals surface area contributed by atoms with E-state index in [1.165, 1.54) is 7.11 Å². The van der Waals surface area contributed by atoms with Crippen LogP contribution in [-0.2, 0) is 20.7 Å². The summed E-state index contributed by atoms with van der Waals surface area (Å²) in [6.45, 7) is 7.39. The van der Waals surface area contributed by atoms with Crippen molar-refractivity contribution in [3.05, 3.63) is 47.7 Å². The van der Waals surface area contributed by atoms with Crippen molar-refractivity contribution in [2.75, 3.05) is 12.4 Å². The van der Waals surface area contributed by atoms with Gasteiger partial charge in [-0.25, -0.2) is 4.79 Å². The first-order chi connectivity index (χ1) is 12.7. The highest BCUT2D eigenvalue weighted by Gasteiger charge is 2.21. The molecule has 0 spiro atoms. The third-order valence-corrected chi connectivity index (χ3v) is 3.89. The van der Waals surface area contributed by atoms with Gasteiger partial charge in [0, 0.05) is 18.2 Å². The molecular formula is C21H26N2O4. The molecule has 1 heterocycles. The lowest BCUT2D eigenvalue weighted by molar-refractivity contribution is -0.140. The average Bonchev–Trinajstić information content (AvgIpc) is 2.59. The van der Waals surface area contributed by atoms with E-state index >= 15 is 0 Å². The number of esters is 1. The molecule has 0 aliphatic rings. The lowest BCUT2D eigenvalue weighted by Gasteiger charge is -2.22. The molecule has 0 aliphatic heterocycles. The molecule has 27 heavy (non-hydrogen) atoms. The van der Waals surface area contributed by atoms with Gasteiger partial charge in [0.25, 0.3) is 0 Å². The third-order valence-electron chi connectivity index (χ3n) is 3.89. The smallest absolute Gasteiger partial charge is 0.412 e. The number of aromatic nitrogens is 1. The summed E-state index contributed by atoms with van der Waals surface area (Å²) in [6.07, 6.45) is 1.73. The Bertz CT molecular complexity index is 825. The number of benzene rings is 1. The number of hydrogen-bond donors (Lipinski definition) is 1. The number of aryl methyl sites for hydroxylation is 2. The van der Waals surface area contributed by atoms with Crippen LogP contribution in [0.3, 0.4) is 0 Å². The van der Waals surface area contributed by atoms with Gasteiger partial charge in [-0.3, -0.25) is 15.1 Å². The minimum Gasteiger partial charge on any atom is -0.469 e. The molecular weight excluding hydrogens is 344 g/mol. The molecule has 0 fully saturated rings. The van der Waals surface area contributed by atoms with Crippen LogP contribution in [0.4, 0.5) is 10.5 Å². The van der Waals surface area contributed by atoms with Crippen molar-refractivity contribution < 1.29 is 19.1 Å². The van der Waals surface area contributed by atoms with Gasteiger partial charge in [-0.2, -0.15) is 0 Å². The number of methoxy groups -OCH3 is 1. The molecule has 0 unspecified atom stereocenters. The maximum absolute atomic E-state index is 12.4. The maximum Gasteiger partial charge on any atom is 0.412 e. The second kappa shape index (κ2) is 8.66. The van der Waals surface area contributed by atoms with Gasteiger partial charge in [-0.15, -0.1) is 0 Å². The van der Waals surface area contributed by atoms with Crippen LogP contribution in [-0.4, -0.2) is 29.8 Å². The molecule has 0 atom stereocenters. The molecule has 2 rings (SSSR count). The maximum atomic E-state index is 12.4. The molecule has 6 nitrogen and oxygen atoms in total. The number of nitrogens with one attached hydrogen (secondary N) is 1. The van der Waals surface area contributed by atoms with Gasteiger partial charge in [-0.05, 0) is 51.3 Å². The van der Waals surface area contributed by atoms with Crippen molar-refractivity contribution in [2.24, 2.45) is 0 Å². The van der Waals surface area contributed by atoms with Crippen LogP contribution in [0.5, 0.6) is 0 Å². The summed E-state index contributed by atoms with van der Waals surface area (Å²) in [6, 6.07) is 9.58. The van der Waals surface area contributed by atoms with E-state index in [0.717, 1.165) is 16.7 Å². The van der Waals surface area contributed by atoms with Crippen LogP contribution in [0, 0.1) is 6.92 Å². The molecule has 1 N–H and O–H groups in total. The van der Waals surface area contributed by atoms with Crippen molar-refractivity contribution in [1.82, 2.24) is 4.98 Å². The topological polar surface area (TPSA) is 77.5 Å².